The fourth-order valence-electron chi connectivity index (χ4n) is 3.09. The lowest BCUT2D eigenvalue weighted by Gasteiger charge is -2.11. The minimum Gasteiger partial charge on any atom is -0.309 e. The Morgan fingerprint density at radius 3 is 2.93 bits per heavy atom. The molecule has 0 saturated heterocycles. The van der Waals surface area contributed by atoms with Crippen molar-refractivity contribution in [3.8, 4) is 16.1 Å². The van der Waals surface area contributed by atoms with Crippen LogP contribution in [0.4, 0.5) is 0 Å². The van der Waals surface area contributed by atoms with E-state index in [-0.39, 0.29) is 10.8 Å². The average molecular weight is 472 g/mol. The Balaban J connectivity index is 1.47. The Kier molecular flexibility index (Phi) is 5.20. The van der Waals surface area contributed by atoms with Gasteiger partial charge in [0.05, 0.1) is 16.3 Å². The van der Waals surface area contributed by atoms with Crippen LogP contribution in [0.25, 0.3) is 26.3 Å². The van der Waals surface area contributed by atoms with Crippen molar-refractivity contribution in [2.24, 2.45) is 0 Å². The van der Waals surface area contributed by atoms with Crippen LogP contribution in [0.3, 0.4) is 0 Å². The number of hydrogen-bond acceptors (Lipinski definition) is 7. The van der Waals surface area contributed by atoms with Crippen LogP contribution in [0.1, 0.15) is 18.0 Å². The molecule has 1 aromatic carbocycles. The number of nitrogens with one attached hydrogen (secondary N) is 1. The van der Waals surface area contributed by atoms with E-state index in [0.717, 1.165) is 21.0 Å². The number of halogens is 1. The maximum Gasteiger partial charge on any atom is 0.260 e. The van der Waals surface area contributed by atoms with E-state index in [1.54, 1.807) is 17.7 Å². The zero-order chi connectivity index (χ0) is 20.7. The Morgan fingerprint density at radius 2 is 2.13 bits per heavy atom. The van der Waals surface area contributed by atoms with Crippen LogP contribution in [0.2, 0.25) is 5.02 Å². The van der Waals surface area contributed by atoms with Crippen molar-refractivity contribution >= 4 is 56.3 Å². The molecular weight excluding hydrogens is 458 g/mol. The lowest BCUT2D eigenvalue weighted by atomic mass is 10.2. The second kappa shape index (κ2) is 7.99. The molecule has 4 heterocycles. The molecule has 0 saturated carbocycles. The highest BCUT2D eigenvalue weighted by Crippen LogP contribution is 2.36. The number of fused-ring (bicyclic) bond motifs is 1. The van der Waals surface area contributed by atoms with Crippen molar-refractivity contribution in [3.05, 3.63) is 74.7 Å². The van der Waals surface area contributed by atoms with Crippen molar-refractivity contribution in [1.82, 2.24) is 24.7 Å². The number of aromatic amines is 1. The largest absolute Gasteiger partial charge is 0.309 e. The van der Waals surface area contributed by atoms with Crippen LogP contribution in [0.5, 0.6) is 0 Å². The third-order valence-corrected chi connectivity index (χ3v) is 7.60. The molecule has 0 aliphatic heterocycles. The van der Waals surface area contributed by atoms with Gasteiger partial charge in [0.15, 0.2) is 5.16 Å². The van der Waals surface area contributed by atoms with E-state index in [4.69, 9.17) is 16.6 Å². The first-order valence-electron chi connectivity index (χ1n) is 8.98. The molecule has 30 heavy (non-hydrogen) atoms. The van der Waals surface area contributed by atoms with Crippen molar-refractivity contribution in [3.63, 3.8) is 0 Å². The maximum atomic E-state index is 12.9. The summed E-state index contributed by atoms with van der Waals surface area (Å²) in [5.41, 5.74) is 1.69. The molecule has 0 fully saturated rings. The van der Waals surface area contributed by atoms with Gasteiger partial charge in [0.1, 0.15) is 17.0 Å². The Hall–Kier alpha value is -2.46. The predicted octanol–water partition coefficient (Wildman–Crippen LogP) is 5.80. The molecular formula is C20H14ClN5OS3. The highest BCUT2D eigenvalue weighted by Gasteiger charge is 2.19. The van der Waals surface area contributed by atoms with Gasteiger partial charge in [-0.3, -0.25) is 9.36 Å². The van der Waals surface area contributed by atoms with E-state index in [1.165, 1.54) is 23.1 Å². The molecule has 0 bridgehead atoms. The molecule has 150 valence electrons. The summed E-state index contributed by atoms with van der Waals surface area (Å²) < 4.78 is 1.86. The molecule has 0 aliphatic carbocycles. The number of H-pyrrole nitrogens is 1. The monoisotopic (exact) mass is 471 g/mol. The molecule has 5 rings (SSSR count). The van der Waals surface area contributed by atoms with E-state index in [9.17, 15) is 4.79 Å². The van der Waals surface area contributed by atoms with Crippen molar-refractivity contribution in [1.29, 1.82) is 0 Å². The minimum atomic E-state index is -0.128. The van der Waals surface area contributed by atoms with E-state index in [1.807, 2.05) is 58.6 Å². The van der Waals surface area contributed by atoms with Crippen LogP contribution >= 0.6 is 46.0 Å². The van der Waals surface area contributed by atoms with Crippen LogP contribution in [0.15, 0.2) is 63.4 Å². The zero-order valence-electron chi connectivity index (χ0n) is 15.6. The summed E-state index contributed by atoms with van der Waals surface area (Å²) in [4.78, 5) is 22.4. The summed E-state index contributed by atoms with van der Waals surface area (Å²) in [6.07, 6.45) is 1.65. The van der Waals surface area contributed by atoms with Gasteiger partial charge in [0.2, 0.25) is 0 Å². The summed E-state index contributed by atoms with van der Waals surface area (Å²) in [7, 11) is 0. The van der Waals surface area contributed by atoms with Crippen molar-refractivity contribution < 1.29 is 0 Å². The lowest BCUT2D eigenvalue weighted by Crippen LogP contribution is -2.12. The molecule has 5 aromatic rings. The Bertz CT molecular complexity index is 1390. The first-order valence-corrected chi connectivity index (χ1v) is 12.0. The van der Waals surface area contributed by atoms with Crippen LogP contribution < -0.4 is 5.56 Å². The number of thiophene rings is 2. The number of hydrogen-bond donors (Lipinski definition) is 1. The highest BCUT2D eigenvalue weighted by atomic mass is 35.5. The Morgan fingerprint density at radius 1 is 1.23 bits per heavy atom. The van der Waals surface area contributed by atoms with E-state index in [2.05, 4.69) is 15.2 Å². The molecule has 0 aliphatic rings. The Labute approximate surface area is 188 Å². The molecule has 0 radical (unpaired) electrons. The highest BCUT2D eigenvalue weighted by molar-refractivity contribution is 7.99. The molecule has 6 nitrogen and oxygen atoms in total. The van der Waals surface area contributed by atoms with E-state index < -0.39 is 0 Å². The topological polar surface area (TPSA) is 76.5 Å². The van der Waals surface area contributed by atoms with Gasteiger partial charge in [0, 0.05) is 20.8 Å². The average Bonchev–Trinajstić information content (AvgIpc) is 3.48. The number of nitrogens with zero attached hydrogens (tertiary/aromatic N) is 4. The summed E-state index contributed by atoms with van der Waals surface area (Å²) >= 11 is 10.7. The third kappa shape index (κ3) is 3.58. The number of aromatic nitrogens is 5. The minimum absolute atomic E-state index is 0.122. The molecule has 0 amide bonds. The maximum absolute atomic E-state index is 12.9. The number of rotatable bonds is 5. The second-order valence-corrected chi connectivity index (χ2v) is 10.0. The first-order chi connectivity index (χ1) is 14.6. The first kappa shape index (κ1) is 19.5. The summed E-state index contributed by atoms with van der Waals surface area (Å²) in [6.45, 7) is 1.99. The van der Waals surface area contributed by atoms with Crippen LogP contribution in [0, 0.1) is 0 Å². The van der Waals surface area contributed by atoms with Gasteiger partial charge in [-0.1, -0.05) is 35.5 Å². The summed E-state index contributed by atoms with van der Waals surface area (Å²) in [6, 6.07) is 11.5. The molecule has 10 heteroatoms. The smallest absolute Gasteiger partial charge is 0.260 e. The van der Waals surface area contributed by atoms with Gasteiger partial charge in [-0.15, -0.1) is 32.9 Å². The molecule has 4 aromatic heterocycles. The molecule has 1 N–H and O–H groups in total. The van der Waals surface area contributed by atoms with Crippen LogP contribution in [-0.2, 0) is 0 Å². The van der Waals surface area contributed by atoms with E-state index in [0.29, 0.717) is 21.4 Å². The van der Waals surface area contributed by atoms with Gasteiger partial charge in [0.25, 0.3) is 5.56 Å². The fraction of sp³-hybridized carbons (Fsp3) is 0.100. The van der Waals surface area contributed by atoms with Crippen molar-refractivity contribution in [2.45, 2.75) is 17.3 Å². The van der Waals surface area contributed by atoms with Gasteiger partial charge < -0.3 is 4.98 Å². The van der Waals surface area contributed by atoms with Gasteiger partial charge in [-0.05, 0) is 36.6 Å². The van der Waals surface area contributed by atoms with Gasteiger partial charge in [-0.2, -0.15) is 0 Å². The zero-order valence-corrected chi connectivity index (χ0v) is 18.8. The normalized spacial score (nSPS) is 12.5. The van der Waals surface area contributed by atoms with Crippen molar-refractivity contribution in [2.75, 3.05) is 0 Å². The molecule has 0 spiro atoms. The second-order valence-electron chi connectivity index (χ2n) is 6.48. The number of benzene rings is 1. The fourth-order valence-corrected chi connectivity index (χ4v) is 5.95. The quantitative estimate of drug-likeness (QED) is 0.328. The van der Waals surface area contributed by atoms with E-state index >= 15 is 0 Å². The van der Waals surface area contributed by atoms with Gasteiger partial charge in [-0.25, -0.2) is 4.98 Å². The standard InChI is InChI=1S/C20H14ClN5OS3/c1-11(30-20-25-22-10-26(20)13-5-2-4-12(21)8-13)17-23-18(27)16-14(9-29-19(16)24-17)15-6-3-7-28-15/h2-11H,1H3,(H,23,24,27). The molecule has 1 atom stereocenters. The molecule has 1 unspecified atom stereocenters. The van der Waals surface area contributed by atoms with Gasteiger partial charge >= 0.3 is 0 Å². The SMILES string of the molecule is CC(Sc1nncn1-c1cccc(Cl)c1)c1nc2scc(-c3cccs3)c2c(=O)[nH]1. The number of thioether (sulfide) groups is 1. The predicted molar refractivity (Wildman–Crippen MR) is 124 cm³/mol. The third-order valence-electron chi connectivity index (χ3n) is 4.52. The lowest BCUT2D eigenvalue weighted by molar-refractivity contribution is 0.862. The summed E-state index contributed by atoms with van der Waals surface area (Å²) in [5.74, 6) is 0.609. The summed E-state index contributed by atoms with van der Waals surface area (Å²) in [5, 5.41) is 14.1. The van der Waals surface area contributed by atoms with Crippen LogP contribution in [-0.4, -0.2) is 24.7 Å².